The summed E-state index contributed by atoms with van der Waals surface area (Å²) in [7, 11) is -4.12. The third kappa shape index (κ3) is 9.40. The number of imidazole rings is 1. The van der Waals surface area contributed by atoms with E-state index < -0.39 is 13.9 Å². The molecule has 0 atom stereocenters. The number of allylic oxidation sites excluding steroid dienone is 1. The van der Waals surface area contributed by atoms with Crippen LogP contribution in [0, 0.1) is 6.92 Å². The fourth-order valence-corrected chi connectivity index (χ4v) is 4.09. The summed E-state index contributed by atoms with van der Waals surface area (Å²) in [5.41, 5.74) is 9.56. The van der Waals surface area contributed by atoms with Crippen molar-refractivity contribution < 1.29 is 28.2 Å². The highest BCUT2D eigenvalue weighted by Crippen LogP contribution is 2.33. The SMILES string of the molecule is CC(C)=CCOc1cc(NC(=S)c2ccoc2C)ccc1Cl.Nc1ncnc2c1ncn2CCOCP(=O)(O)O. The van der Waals surface area contributed by atoms with Crippen LogP contribution in [0.1, 0.15) is 25.2 Å². The number of aromatic nitrogens is 4. The van der Waals surface area contributed by atoms with Crippen LogP contribution in [0.4, 0.5) is 11.5 Å². The van der Waals surface area contributed by atoms with E-state index in [1.165, 1.54) is 18.2 Å². The first kappa shape index (κ1) is 31.2. The van der Waals surface area contributed by atoms with E-state index in [0.29, 0.717) is 40.1 Å². The van der Waals surface area contributed by atoms with Crippen LogP contribution >= 0.6 is 31.4 Å². The van der Waals surface area contributed by atoms with Gasteiger partial charge in [0.2, 0.25) is 0 Å². The highest BCUT2D eigenvalue weighted by Gasteiger charge is 2.13. The molecule has 4 aromatic rings. The van der Waals surface area contributed by atoms with E-state index in [2.05, 4.69) is 20.3 Å². The highest BCUT2D eigenvalue weighted by atomic mass is 35.5. The number of aryl methyl sites for hydroxylation is 1. The van der Waals surface area contributed by atoms with Crippen LogP contribution in [0.3, 0.4) is 0 Å². The zero-order chi connectivity index (χ0) is 29.3. The monoisotopic (exact) mass is 608 g/mol. The molecule has 4 rings (SSSR count). The van der Waals surface area contributed by atoms with E-state index in [1.807, 2.05) is 45.0 Å². The Kier molecular flexibility index (Phi) is 11.2. The molecule has 0 saturated carbocycles. The van der Waals surface area contributed by atoms with Gasteiger partial charge < -0.3 is 39.3 Å². The number of ether oxygens (including phenoxy) is 2. The Hall–Kier alpha value is -3.32. The van der Waals surface area contributed by atoms with Crippen molar-refractivity contribution in [3.05, 3.63) is 71.2 Å². The molecule has 0 aliphatic heterocycles. The van der Waals surface area contributed by atoms with Gasteiger partial charge in [-0.05, 0) is 45.0 Å². The molecule has 12 nitrogen and oxygen atoms in total. The van der Waals surface area contributed by atoms with E-state index in [9.17, 15) is 4.57 Å². The van der Waals surface area contributed by atoms with Gasteiger partial charge in [-0.15, -0.1) is 0 Å². The first-order valence-corrected chi connectivity index (χ1v) is 14.5. The molecular formula is C25H30ClN6O6PS. The van der Waals surface area contributed by atoms with Crippen LogP contribution in [0.25, 0.3) is 11.2 Å². The summed E-state index contributed by atoms with van der Waals surface area (Å²) < 4.78 is 28.0. The molecule has 5 N–H and O–H groups in total. The largest absolute Gasteiger partial charge is 0.488 e. The number of furan rings is 1. The Bertz CT molecular complexity index is 1530. The molecule has 0 aliphatic rings. The number of fused-ring (bicyclic) bond motifs is 1. The van der Waals surface area contributed by atoms with Crippen LogP contribution in [-0.4, -0.2) is 53.9 Å². The number of anilines is 2. The van der Waals surface area contributed by atoms with Crippen molar-refractivity contribution in [3.8, 4) is 5.75 Å². The first-order valence-electron chi connectivity index (χ1n) is 11.9. The first-order chi connectivity index (χ1) is 18.9. The van der Waals surface area contributed by atoms with Gasteiger partial charge in [-0.25, -0.2) is 15.0 Å². The normalized spacial score (nSPS) is 11.1. The second kappa shape index (κ2) is 14.4. The molecule has 40 heavy (non-hydrogen) atoms. The predicted molar refractivity (Wildman–Crippen MR) is 158 cm³/mol. The second-order valence-corrected chi connectivity index (χ2v) is 11.1. The minimum Gasteiger partial charge on any atom is -0.488 e. The molecule has 0 amide bonds. The summed E-state index contributed by atoms with van der Waals surface area (Å²) >= 11 is 11.5. The molecule has 214 valence electrons. The third-order valence-corrected chi connectivity index (χ3v) is 6.34. The van der Waals surface area contributed by atoms with Gasteiger partial charge in [0.25, 0.3) is 0 Å². The topological polar surface area (TPSA) is 171 Å². The fraction of sp³-hybridized carbons (Fsp3) is 0.280. The quantitative estimate of drug-likeness (QED) is 0.0829. The molecule has 0 unspecified atom stereocenters. The van der Waals surface area contributed by atoms with Gasteiger partial charge in [0.05, 0.1) is 29.8 Å². The zero-order valence-electron chi connectivity index (χ0n) is 22.1. The van der Waals surface area contributed by atoms with E-state index >= 15 is 0 Å². The van der Waals surface area contributed by atoms with Crippen molar-refractivity contribution in [1.29, 1.82) is 0 Å². The summed E-state index contributed by atoms with van der Waals surface area (Å²) in [5.74, 6) is 1.69. The molecule has 0 saturated heterocycles. The average molecular weight is 609 g/mol. The van der Waals surface area contributed by atoms with Gasteiger partial charge in [0.15, 0.2) is 11.5 Å². The predicted octanol–water partition coefficient (Wildman–Crippen LogP) is 4.93. The van der Waals surface area contributed by atoms with Gasteiger partial charge in [-0.1, -0.05) is 29.4 Å². The lowest BCUT2D eigenvalue weighted by Gasteiger charge is -2.11. The Balaban J connectivity index is 0.000000225. The molecular weight excluding hydrogens is 579 g/mol. The maximum atomic E-state index is 10.6. The highest BCUT2D eigenvalue weighted by molar-refractivity contribution is 7.81. The minimum absolute atomic E-state index is 0.139. The number of hydrogen-bond acceptors (Lipinski definition) is 9. The Morgan fingerprint density at radius 3 is 2.73 bits per heavy atom. The van der Waals surface area contributed by atoms with Crippen LogP contribution in [-0.2, 0) is 15.8 Å². The van der Waals surface area contributed by atoms with Gasteiger partial charge in [0, 0.05) is 18.3 Å². The van der Waals surface area contributed by atoms with Gasteiger partial charge in [-0.2, -0.15) is 0 Å². The molecule has 3 heterocycles. The number of nitrogen functional groups attached to an aromatic ring is 1. The summed E-state index contributed by atoms with van der Waals surface area (Å²) in [4.78, 5) is 29.7. The molecule has 0 bridgehead atoms. The molecule has 3 aromatic heterocycles. The van der Waals surface area contributed by atoms with Gasteiger partial charge in [-0.3, -0.25) is 4.57 Å². The van der Waals surface area contributed by atoms with E-state index in [-0.39, 0.29) is 12.4 Å². The standard InChI is InChI=1S/C17H18ClNO2S.C8H12N5O4P/c1-11(2)6-8-21-16-10-13(4-5-15(16)18)19-17(22)14-7-9-20-12(14)3;9-7-6-8(11-3-10-7)13(4-12-6)1-2-17-5-18(14,15)16/h4-7,9-10H,8H2,1-3H3,(H,19,22);3-4H,1-2,5H2,(H2,9,10,11)(H2,14,15,16). The molecule has 15 heteroatoms. The minimum atomic E-state index is -4.12. The van der Waals surface area contributed by atoms with Gasteiger partial charge in [0.1, 0.15) is 41.3 Å². The maximum absolute atomic E-state index is 10.6. The lowest BCUT2D eigenvalue weighted by atomic mass is 10.2. The number of benzene rings is 1. The number of hydrogen-bond donors (Lipinski definition) is 4. The van der Waals surface area contributed by atoms with Crippen molar-refractivity contribution in [3.63, 3.8) is 0 Å². The number of rotatable bonds is 10. The molecule has 0 spiro atoms. The van der Waals surface area contributed by atoms with Crippen molar-refractivity contribution in [2.45, 2.75) is 27.3 Å². The van der Waals surface area contributed by atoms with E-state index in [4.69, 9.17) is 53.2 Å². The smallest absolute Gasteiger partial charge is 0.350 e. The maximum Gasteiger partial charge on any atom is 0.350 e. The van der Waals surface area contributed by atoms with Crippen LogP contribution in [0.15, 0.2) is 59.2 Å². The fourth-order valence-electron chi connectivity index (χ4n) is 3.22. The molecule has 0 fully saturated rings. The third-order valence-electron chi connectivity index (χ3n) is 5.19. The van der Waals surface area contributed by atoms with Crippen molar-refractivity contribution in [2.75, 3.05) is 30.6 Å². The number of nitrogens with zero attached hydrogens (tertiary/aromatic N) is 4. The summed E-state index contributed by atoms with van der Waals surface area (Å²) in [6.07, 6.45) is 5.87. The van der Waals surface area contributed by atoms with E-state index in [0.717, 1.165) is 17.0 Å². The van der Waals surface area contributed by atoms with Crippen molar-refractivity contribution in [2.24, 2.45) is 0 Å². The molecule has 0 radical (unpaired) electrons. The number of halogens is 1. The molecule has 1 aromatic carbocycles. The van der Waals surface area contributed by atoms with Crippen molar-refractivity contribution >= 4 is 59.1 Å². The second-order valence-electron chi connectivity index (χ2n) is 8.65. The lowest BCUT2D eigenvalue weighted by Crippen LogP contribution is -2.10. The zero-order valence-corrected chi connectivity index (χ0v) is 24.5. The average Bonchev–Trinajstić information content (AvgIpc) is 3.50. The summed E-state index contributed by atoms with van der Waals surface area (Å²) in [5, 5.41) is 3.74. The van der Waals surface area contributed by atoms with Crippen LogP contribution in [0.5, 0.6) is 5.75 Å². The van der Waals surface area contributed by atoms with Crippen LogP contribution < -0.4 is 15.8 Å². The Morgan fingerprint density at radius 2 is 2.05 bits per heavy atom. The number of nitrogens with one attached hydrogen (secondary N) is 1. The lowest BCUT2D eigenvalue weighted by molar-refractivity contribution is 0.149. The number of nitrogens with two attached hydrogens (primary N) is 1. The van der Waals surface area contributed by atoms with E-state index in [1.54, 1.807) is 16.9 Å². The Labute approximate surface area is 241 Å². The summed E-state index contributed by atoms with van der Waals surface area (Å²) in [6.45, 7) is 6.91. The van der Waals surface area contributed by atoms with Gasteiger partial charge >= 0.3 is 7.60 Å². The Morgan fingerprint density at radius 1 is 1.27 bits per heavy atom. The van der Waals surface area contributed by atoms with Crippen LogP contribution in [0.2, 0.25) is 5.02 Å². The summed E-state index contributed by atoms with van der Waals surface area (Å²) in [6, 6.07) is 7.32. The van der Waals surface area contributed by atoms with Crippen molar-refractivity contribution in [1.82, 2.24) is 19.5 Å². The molecule has 0 aliphatic carbocycles. The number of thiocarbonyl (C=S) groups is 1.